The number of rotatable bonds is 6. The Kier molecular flexibility index (Phi) is 4.56. The highest BCUT2D eigenvalue weighted by atomic mass is 32.2. The highest BCUT2D eigenvalue weighted by Crippen LogP contribution is 2.36. The molecule has 0 fully saturated rings. The molecule has 1 aromatic carbocycles. The van der Waals surface area contributed by atoms with Gasteiger partial charge >= 0.3 is 5.97 Å². The highest BCUT2D eigenvalue weighted by molar-refractivity contribution is 7.92. The van der Waals surface area contributed by atoms with Gasteiger partial charge in [-0.05, 0) is 35.9 Å². The van der Waals surface area contributed by atoms with Gasteiger partial charge in [-0.25, -0.2) is 17.5 Å². The minimum absolute atomic E-state index is 0.0847. The molecule has 0 saturated heterocycles. The largest absolute Gasteiger partial charge is 0.497 e. The Morgan fingerprint density at radius 3 is 2.54 bits per heavy atom. The number of fused-ring (bicyclic) bond motifs is 1. The number of furan rings is 1. The van der Waals surface area contributed by atoms with Crippen LogP contribution in [0.4, 0.5) is 5.88 Å². The van der Waals surface area contributed by atoms with Crippen LogP contribution in [0.5, 0.6) is 5.75 Å². The maximum absolute atomic E-state index is 12.3. The average molecular weight is 376 g/mol. The van der Waals surface area contributed by atoms with E-state index in [4.69, 9.17) is 9.15 Å². The quantitative estimate of drug-likeness (QED) is 0.704. The smallest absolute Gasteiger partial charge is 0.341 e. The van der Waals surface area contributed by atoms with Crippen molar-refractivity contribution in [1.29, 1.82) is 0 Å². The topological polar surface area (TPSA) is 110 Å². The minimum atomic E-state index is -3.81. The zero-order chi connectivity index (χ0) is 18.9. The van der Waals surface area contributed by atoms with Crippen molar-refractivity contribution in [3.05, 3.63) is 53.9 Å². The summed E-state index contributed by atoms with van der Waals surface area (Å²) in [7, 11) is -2.36. The summed E-state index contributed by atoms with van der Waals surface area (Å²) in [5.41, 5.74) is 0.653. The summed E-state index contributed by atoms with van der Waals surface area (Å²) < 4.78 is 36.3. The van der Waals surface area contributed by atoms with Crippen LogP contribution in [0.3, 0.4) is 0 Å². The van der Waals surface area contributed by atoms with E-state index in [1.807, 2.05) is 0 Å². The number of ether oxygens (including phenoxy) is 1. The lowest BCUT2D eigenvalue weighted by Gasteiger charge is -2.20. The lowest BCUT2D eigenvalue weighted by Crippen LogP contribution is -2.30. The molecule has 0 aliphatic heterocycles. The fraction of sp³-hybridized carbons (Fsp3) is 0.176. The Balaban J connectivity index is 2.22. The van der Waals surface area contributed by atoms with Gasteiger partial charge in [0, 0.05) is 17.8 Å². The molecule has 136 valence electrons. The standard InChI is InChI=1S/C17H16N2O6S/c1-24-12-3-4-14-13(9-12)15(17(20)21)16(25-14)19(26(2,22)23)10-11-5-7-18-8-6-11/h3-9H,10H2,1-2H3,(H,20,21). The first-order chi connectivity index (χ1) is 12.3. The van der Waals surface area contributed by atoms with E-state index in [1.54, 1.807) is 18.2 Å². The second-order valence-electron chi connectivity index (χ2n) is 5.57. The number of pyridine rings is 1. The third kappa shape index (κ3) is 3.33. The van der Waals surface area contributed by atoms with Gasteiger partial charge in [0.2, 0.25) is 15.9 Å². The van der Waals surface area contributed by atoms with E-state index in [0.29, 0.717) is 11.3 Å². The molecule has 0 atom stereocenters. The van der Waals surface area contributed by atoms with Gasteiger partial charge in [-0.3, -0.25) is 4.98 Å². The Labute approximate surface area is 149 Å². The van der Waals surface area contributed by atoms with Crippen LogP contribution in [0.25, 0.3) is 11.0 Å². The molecule has 0 aliphatic rings. The van der Waals surface area contributed by atoms with Crippen molar-refractivity contribution >= 4 is 32.8 Å². The van der Waals surface area contributed by atoms with Crippen molar-refractivity contribution in [2.45, 2.75) is 6.54 Å². The number of carboxylic acids is 1. The number of benzene rings is 1. The molecule has 8 nitrogen and oxygen atoms in total. The van der Waals surface area contributed by atoms with Crippen molar-refractivity contribution in [2.24, 2.45) is 0 Å². The Hall–Kier alpha value is -3.07. The van der Waals surface area contributed by atoms with Gasteiger partial charge in [0.05, 0.1) is 19.9 Å². The predicted molar refractivity (Wildman–Crippen MR) is 95.0 cm³/mol. The second kappa shape index (κ2) is 6.68. The van der Waals surface area contributed by atoms with E-state index >= 15 is 0 Å². The Morgan fingerprint density at radius 2 is 1.96 bits per heavy atom. The molecule has 0 radical (unpaired) electrons. The minimum Gasteiger partial charge on any atom is -0.497 e. The van der Waals surface area contributed by atoms with Crippen LogP contribution in [0.2, 0.25) is 0 Å². The number of aromatic carboxylic acids is 1. The first kappa shape index (κ1) is 17.7. The van der Waals surface area contributed by atoms with Crippen molar-refractivity contribution < 1.29 is 27.5 Å². The first-order valence-electron chi connectivity index (χ1n) is 7.51. The zero-order valence-electron chi connectivity index (χ0n) is 14.0. The van der Waals surface area contributed by atoms with Gasteiger partial charge in [0.1, 0.15) is 16.9 Å². The molecule has 0 aliphatic carbocycles. The summed E-state index contributed by atoms with van der Waals surface area (Å²) in [6.07, 6.45) is 4.04. The molecule has 3 aromatic rings. The summed E-state index contributed by atoms with van der Waals surface area (Å²) >= 11 is 0. The molecule has 0 spiro atoms. The van der Waals surface area contributed by atoms with Crippen LogP contribution in [-0.2, 0) is 16.6 Å². The number of hydrogen-bond acceptors (Lipinski definition) is 6. The molecule has 0 unspecified atom stereocenters. The summed E-state index contributed by atoms with van der Waals surface area (Å²) in [6.45, 7) is -0.0847. The van der Waals surface area contributed by atoms with Crippen molar-refractivity contribution in [2.75, 3.05) is 17.7 Å². The van der Waals surface area contributed by atoms with Crippen molar-refractivity contribution in [3.63, 3.8) is 0 Å². The van der Waals surface area contributed by atoms with E-state index in [2.05, 4.69) is 4.98 Å². The molecular weight excluding hydrogens is 360 g/mol. The molecule has 2 aromatic heterocycles. The number of carbonyl (C=O) groups is 1. The molecule has 2 heterocycles. The van der Waals surface area contributed by atoms with E-state index in [9.17, 15) is 18.3 Å². The number of carboxylic acid groups (broad SMARTS) is 1. The van der Waals surface area contributed by atoms with Crippen molar-refractivity contribution in [3.8, 4) is 5.75 Å². The number of methoxy groups -OCH3 is 1. The van der Waals surface area contributed by atoms with Gasteiger partial charge in [-0.15, -0.1) is 0 Å². The SMILES string of the molecule is COc1ccc2oc(N(Cc3ccncc3)S(C)(=O)=O)c(C(=O)O)c2c1. The van der Waals surface area contributed by atoms with Crippen LogP contribution in [0.15, 0.2) is 47.1 Å². The second-order valence-corrected chi connectivity index (χ2v) is 7.48. The summed E-state index contributed by atoms with van der Waals surface area (Å²) in [5.74, 6) is -1.11. The molecule has 26 heavy (non-hydrogen) atoms. The van der Waals surface area contributed by atoms with E-state index < -0.39 is 16.0 Å². The van der Waals surface area contributed by atoms with E-state index in [0.717, 1.165) is 10.6 Å². The molecule has 3 rings (SSSR count). The van der Waals surface area contributed by atoms with E-state index in [1.165, 1.54) is 31.6 Å². The Bertz CT molecular complexity index is 1060. The number of sulfonamides is 1. The zero-order valence-corrected chi connectivity index (χ0v) is 14.9. The highest BCUT2D eigenvalue weighted by Gasteiger charge is 2.30. The summed E-state index contributed by atoms with van der Waals surface area (Å²) in [4.78, 5) is 15.7. The third-order valence-corrected chi connectivity index (χ3v) is 4.89. The fourth-order valence-corrected chi connectivity index (χ4v) is 3.38. The molecule has 0 saturated carbocycles. The lowest BCUT2D eigenvalue weighted by molar-refractivity contribution is 0.0699. The average Bonchev–Trinajstić information content (AvgIpc) is 2.97. The Morgan fingerprint density at radius 1 is 1.27 bits per heavy atom. The van der Waals surface area contributed by atoms with Crippen LogP contribution in [0, 0.1) is 0 Å². The number of nitrogens with zero attached hydrogens (tertiary/aromatic N) is 2. The van der Waals surface area contributed by atoms with Crippen LogP contribution in [0.1, 0.15) is 15.9 Å². The van der Waals surface area contributed by atoms with Crippen LogP contribution >= 0.6 is 0 Å². The number of aromatic nitrogens is 1. The normalized spacial score (nSPS) is 11.5. The molecule has 0 amide bonds. The monoisotopic (exact) mass is 376 g/mol. The number of hydrogen-bond donors (Lipinski definition) is 1. The predicted octanol–water partition coefficient (Wildman–Crippen LogP) is 2.50. The molecule has 0 bridgehead atoms. The summed E-state index contributed by atoms with van der Waals surface area (Å²) in [5, 5.41) is 9.92. The molecular formula is C17H16N2O6S. The third-order valence-electron chi connectivity index (χ3n) is 3.79. The maximum atomic E-state index is 12.3. The van der Waals surface area contributed by atoms with Crippen LogP contribution < -0.4 is 9.04 Å². The van der Waals surface area contributed by atoms with E-state index in [-0.39, 0.29) is 29.0 Å². The van der Waals surface area contributed by atoms with Gasteiger partial charge in [-0.1, -0.05) is 0 Å². The maximum Gasteiger partial charge on any atom is 0.341 e. The van der Waals surface area contributed by atoms with Crippen molar-refractivity contribution in [1.82, 2.24) is 4.98 Å². The molecule has 1 N–H and O–H groups in total. The first-order valence-corrected chi connectivity index (χ1v) is 9.36. The summed E-state index contributed by atoms with van der Waals surface area (Å²) in [6, 6.07) is 7.93. The molecule has 9 heteroatoms. The number of anilines is 1. The fourth-order valence-electron chi connectivity index (χ4n) is 2.57. The van der Waals surface area contributed by atoms with Gasteiger partial charge in [0.25, 0.3) is 0 Å². The lowest BCUT2D eigenvalue weighted by atomic mass is 10.1. The van der Waals surface area contributed by atoms with Gasteiger partial charge in [0.15, 0.2) is 0 Å². The van der Waals surface area contributed by atoms with Gasteiger partial charge < -0.3 is 14.3 Å². The van der Waals surface area contributed by atoms with Crippen LogP contribution in [-0.4, -0.2) is 37.8 Å². The van der Waals surface area contributed by atoms with Gasteiger partial charge in [-0.2, -0.15) is 0 Å².